The predicted molar refractivity (Wildman–Crippen MR) is 146 cm³/mol. The average molecular weight is 515 g/mol. The van der Waals surface area contributed by atoms with E-state index >= 15 is 0 Å². The van der Waals surface area contributed by atoms with Crippen LogP contribution in [0.4, 0.5) is 0 Å². The molecule has 0 aromatic rings. The third-order valence-corrected chi connectivity index (χ3v) is 11.9. The number of hydrogen-bond donors (Lipinski definition) is 2. The number of hydrogen-bond acceptors (Lipinski definition) is 4. The minimum absolute atomic E-state index is 0.115. The minimum Gasteiger partial charge on any atom is -0.481 e. The highest BCUT2D eigenvalue weighted by Crippen LogP contribution is 2.68. The number of aliphatic carboxylic acids is 1. The molecule has 4 aliphatic rings. The van der Waals surface area contributed by atoms with Gasteiger partial charge in [-0.2, -0.15) is 0 Å². The van der Waals surface area contributed by atoms with Crippen LogP contribution in [0.5, 0.6) is 0 Å². The molecule has 4 aliphatic carbocycles. The molecule has 0 heterocycles. The van der Waals surface area contributed by atoms with E-state index in [0.29, 0.717) is 36.5 Å². The molecular weight excluding hydrogens is 464 g/mol. The Labute approximate surface area is 224 Å². The van der Waals surface area contributed by atoms with E-state index in [0.717, 1.165) is 44.9 Å². The summed E-state index contributed by atoms with van der Waals surface area (Å²) in [5.41, 5.74) is 2.61. The molecule has 5 nitrogen and oxygen atoms in total. The molecule has 2 saturated carbocycles. The van der Waals surface area contributed by atoms with Gasteiger partial charge in [0, 0.05) is 18.8 Å². The fraction of sp³-hybridized carbons (Fsp3) is 0.812. The average Bonchev–Trinajstić information content (AvgIpc) is 3.18. The summed E-state index contributed by atoms with van der Waals surface area (Å²) in [7, 11) is 0. The van der Waals surface area contributed by atoms with E-state index < -0.39 is 17.5 Å². The van der Waals surface area contributed by atoms with Crippen LogP contribution in [0.1, 0.15) is 106 Å². The molecule has 0 aliphatic heterocycles. The number of carbonyl (C=O) groups excluding carboxylic acids is 1. The van der Waals surface area contributed by atoms with Crippen LogP contribution in [0.3, 0.4) is 0 Å². The zero-order valence-electron chi connectivity index (χ0n) is 24.2. The maximum atomic E-state index is 12.5. The number of carbonyl (C=O) groups is 2. The Kier molecular flexibility index (Phi) is 7.55. The second kappa shape index (κ2) is 9.84. The molecule has 0 bridgehead atoms. The van der Waals surface area contributed by atoms with E-state index in [4.69, 9.17) is 4.74 Å². The van der Waals surface area contributed by atoms with Gasteiger partial charge in [0.1, 0.15) is 6.10 Å². The second-order valence-electron chi connectivity index (χ2n) is 13.9. The number of carboxylic acids is 1. The Bertz CT molecular complexity index is 980. The molecule has 2 N–H and O–H groups in total. The predicted octanol–water partition coefficient (Wildman–Crippen LogP) is 6.94. The van der Waals surface area contributed by atoms with E-state index in [1.807, 2.05) is 0 Å². The summed E-state index contributed by atoms with van der Waals surface area (Å²) < 4.78 is 6.19. The van der Waals surface area contributed by atoms with Crippen molar-refractivity contribution in [1.82, 2.24) is 0 Å². The molecule has 0 aromatic heterocycles. The van der Waals surface area contributed by atoms with Gasteiger partial charge in [0.25, 0.3) is 0 Å². The molecular formula is C32H50O5. The monoisotopic (exact) mass is 514 g/mol. The maximum absolute atomic E-state index is 12.5. The molecule has 2 fully saturated rings. The van der Waals surface area contributed by atoms with Gasteiger partial charge < -0.3 is 14.9 Å². The lowest BCUT2D eigenvalue weighted by Gasteiger charge is -2.60. The van der Waals surface area contributed by atoms with Gasteiger partial charge in [-0.1, -0.05) is 57.9 Å². The van der Waals surface area contributed by atoms with Crippen molar-refractivity contribution in [3.05, 3.63) is 23.3 Å². The Morgan fingerprint density at radius 2 is 1.78 bits per heavy atom. The SMILES string of the molecule is C=C(CC[C@@H](C)[C@H]1CC[C@H]2C3=C(C[C@@H](OC(C)=O)[C@]12C)[C@@]1(C)CC[C@H](O)[C@@](C)(C(=O)O)[C@@H]1CC3)C(C)C. The number of rotatable bonds is 7. The van der Waals surface area contributed by atoms with Crippen molar-refractivity contribution in [2.75, 3.05) is 0 Å². The van der Waals surface area contributed by atoms with Crippen LogP contribution >= 0.6 is 0 Å². The lowest BCUT2D eigenvalue weighted by Crippen LogP contribution is -2.59. The van der Waals surface area contributed by atoms with Gasteiger partial charge in [0.05, 0.1) is 11.5 Å². The first-order valence-electron chi connectivity index (χ1n) is 14.7. The summed E-state index contributed by atoms with van der Waals surface area (Å²) in [6.07, 6.45) is 7.02. The number of esters is 1. The van der Waals surface area contributed by atoms with E-state index in [1.165, 1.54) is 23.6 Å². The normalized spacial score (nSPS) is 42.0. The summed E-state index contributed by atoms with van der Waals surface area (Å²) in [6.45, 7) is 19.0. The largest absolute Gasteiger partial charge is 0.481 e. The van der Waals surface area contributed by atoms with Crippen molar-refractivity contribution < 1.29 is 24.5 Å². The van der Waals surface area contributed by atoms with Gasteiger partial charge in [-0.15, -0.1) is 0 Å². The van der Waals surface area contributed by atoms with E-state index in [-0.39, 0.29) is 28.8 Å². The van der Waals surface area contributed by atoms with Crippen LogP contribution in [-0.2, 0) is 14.3 Å². The fourth-order valence-electron chi connectivity index (χ4n) is 9.46. The standard InChI is InChI=1S/C32H50O5/c1-18(2)19(3)9-10-20(4)23-12-13-24-22-11-14-26-30(6,16-15-27(34)32(26,8)29(35)36)25(22)17-28(31(23,24)7)37-21(5)33/h18,20,23-24,26-28,34H,3,9-17H2,1-2,4-8H3,(H,35,36)/t20-,23-,24+,26-,27+,28-,30-,31-,32+/m1/s1. The number of aliphatic hydroxyl groups is 1. The highest BCUT2D eigenvalue weighted by Gasteiger charge is 2.65. The molecule has 0 saturated heterocycles. The van der Waals surface area contributed by atoms with Gasteiger partial charge in [0.2, 0.25) is 0 Å². The molecule has 0 radical (unpaired) electrons. The third kappa shape index (κ3) is 4.32. The van der Waals surface area contributed by atoms with Gasteiger partial charge in [-0.3, -0.25) is 9.59 Å². The first-order chi connectivity index (χ1) is 17.2. The van der Waals surface area contributed by atoms with Crippen molar-refractivity contribution in [3.8, 4) is 0 Å². The van der Waals surface area contributed by atoms with Gasteiger partial charge >= 0.3 is 11.9 Å². The molecule has 208 valence electrons. The summed E-state index contributed by atoms with van der Waals surface area (Å²) in [5.74, 6) is 0.596. The summed E-state index contributed by atoms with van der Waals surface area (Å²) in [4.78, 5) is 24.9. The molecule has 5 heteroatoms. The number of aliphatic hydroxyl groups excluding tert-OH is 1. The van der Waals surface area contributed by atoms with Gasteiger partial charge in [-0.05, 0) is 93.3 Å². The van der Waals surface area contributed by atoms with Crippen LogP contribution in [0.25, 0.3) is 0 Å². The topological polar surface area (TPSA) is 83.8 Å². The molecule has 0 aromatic carbocycles. The Morgan fingerprint density at radius 3 is 2.38 bits per heavy atom. The van der Waals surface area contributed by atoms with Crippen LogP contribution < -0.4 is 0 Å². The molecule has 9 atom stereocenters. The molecule has 37 heavy (non-hydrogen) atoms. The van der Waals surface area contributed by atoms with Gasteiger partial charge in [0.15, 0.2) is 0 Å². The summed E-state index contributed by atoms with van der Waals surface area (Å²) >= 11 is 0. The second-order valence-corrected chi connectivity index (χ2v) is 13.9. The lowest BCUT2D eigenvalue weighted by atomic mass is 9.45. The summed E-state index contributed by atoms with van der Waals surface area (Å²) in [6, 6.07) is 0. The van der Waals surface area contributed by atoms with Crippen molar-refractivity contribution in [2.45, 2.75) is 118 Å². The first-order valence-corrected chi connectivity index (χ1v) is 14.7. The minimum atomic E-state index is -1.16. The Morgan fingerprint density at radius 1 is 1.11 bits per heavy atom. The van der Waals surface area contributed by atoms with Gasteiger partial charge in [-0.25, -0.2) is 0 Å². The molecule has 0 spiro atoms. The van der Waals surface area contributed by atoms with Crippen LogP contribution in [-0.4, -0.2) is 34.4 Å². The fourth-order valence-corrected chi connectivity index (χ4v) is 9.46. The quantitative estimate of drug-likeness (QED) is 0.284. The first kappa shape index (κ1) is 28.4. The molecule has 0 amide bonds. The molecule has 0 unspecified atom stereocenters. The van der Waals surface area contributed by atoms with Crippen molar-refractivity contribution in [2.24, 2.45) is 45.8 Å². The highest BCUT2D eigenvalue weighted by molar-refractivity contribution is 5.76. The van der Waals surface area contributed by atoms with Crippen molar-refractivity contribution >= 4 is 11.9 Å². The smallest absolute Gasteiger partial charge is 0.312 e. The zero-order chi connectivity index (χ0) is 27.5. The Balaban J connectivity index is 1.72. The van der Waals surface area contributed by atoms with Crippen LogP contribution in [0.15, 0.2) is 23.3 Å². The van der Waals surface area contributed by atoms with E-state index in [1.54, 1.807) is 6.92 Å². The number of fused-ring (bicyclic) bond motifs is 4. The lowest BCUT2D eigenvalue weighted by molar-refractivity contribution is -0.177. The molecule has 4 rings (SSSR count). The maximum Gasteiger partial charge on any atom is 0.312 e. The number of allylic oxidation sites excluding steroid dienone is 2. The number of carboxylic acid groups (broad SMARTS) is 1. The van der Waals surface area contributed by atoms with E-state index in [9.17, 15) is 19.8 Å². The Hall–Kier alpha value is -1.62. The van der Waals surface area contributed by atoms with Crippen LogP contribution in [0.2, 0.25) is 0 Å². The van der Waals surface area contributed by atoms with Crippen LogP contribution in [0, 0.1) is 45.8 Å². The highest BCUT2D eigenvalue weighted by atomic mass is 16.5. The van der Waals surface area contributed by atoms with Crippen molar-refractivity contribution in [1.29, 1.82) is 0 Å². The third-order valence-electron chi connectivity index (χ3n) is 11.9. The van der Waals surface area contributed by atoms with Crippen molar-refractivity contribution in [3.63, 3.8) is 0 Å². The number of ether oxygens (including phenoxy) is 1. The summed E-state index contributed by atoms with van der Waals surface area (Å²) in [5, 5.41) is 21.1. The zero-order valence-corrected chi connectivity index (χ0v) is 24.2. The van der Waals surface area contributed by atoms with E-state index in [2.05, 4.69) is 41.2 Å².